The summed E-state index contributed by atoms with van der Waals surface area (Å²) < 4.78 is 25.2. The lowest BCUT2D eigenvalue weighted by Crippen LogP contribution is -2.26. The van der Waals surface area contributed by atoms with Crippen LogP contribution < -0.4 is 4.72 Å². The maximum atomic E-state index is 11.6. The first-order chi connectivity index (χ1) is 8.33. The highest BCUT2D eigenvalue weighted by atomic mass is 32.2. The Labute approximate surface area is 102 Å². The van der Waals surface area contributed by atoms with Crippen molar-refractivity contribution in [2.24, 2.45) is 0 Å². The molecule has 18 heavy (non-hydrogen) atoms. The molecule has 1 heterocycles. The minimum atomic E-state index is -3.90. The first-order valence-corrected chi connectivity index (χ1v) is 6.13. The number of nitrogens with one attached hydrogen (secondary N) is 1. The number of hydrogen-bond donors (Lipinski definition) is 2. The van der Waals surface area contributed by atoms with Crippen LogP contribution in [0.5, 0.6) is 0 Å². The van der Waals surface area contributed by atoms with E-state index in [1.54, 1.807) is 0 Å². The van der Waals surface area contributed by atoms with Crippen LogP contribution >= 0.6 is 0 Å². The highest BCUT2D eigenvalue weighted by Crippen LogP contribution is 2.11. The van der Waals surface area contributed by atoms with Gasteiger partial charge in [-0.3, -0.25) is 4.79 Å². The van der Waals surface area contributed by atoms with E-state index in [9.17, 15) is 23.3 Å². The zero-order valence-electron chi connectivity index (χ0n) is 8.94. The fourth-order valence-corrected chi connectivity index (χ4v) is 1.99. The number of aromatic nitrogens is 1. The average molecular weight is 275 g/mol. The molecule has 2 N–H and O–H groups in total. The molecule has 0 fully saturated rings. The Morgan fingerprint density at radius 2 is 2.17 bits per heavy atom. The average Bonchev–Trinajstić information content (AvgIpc) is 2.28. The van der Waals surface area contributed by atoms with E-state index in [1.165, 1.54) is 0 Å². The molecule has 98 valence electrons. The molecule has 0 atom stereocenters. The highest BCUT2D eigenvalue weighted by molar-refractivity contribution is 7.89. The Hall–Kier alpha value is -2.07. The second-order valence-corrected chi connectivity index (χ2v) is 4.92. The maximum Gasteiger partial charge on any atom is 0.363 e. The molecule has 0 aliphatic rings. The number of carboxylic acid groups (broad SMARTS) is 1. The predicted molar refractivity (Wildman–Crippen MR) is 58.3 cm³/mol. The van der Waals surface area contributed by atoms with Crippen molar-refractivity contribution in [2.45, 2.75) is 11.3 Å². The number of rotatable bonds is 6. The first kappa shape index (κ1) is 14.0. The molecule has 0 aliphatic heterocycles. The van der Waals surface area contributed by atoms with Crippen LogP contribution in [0, 0.1) is 10.1 Å². The van der Waals surface area contributed by atoms with Gasteiger partial charge in [-0.2, -0.15) is 0 Å². The van der Waals surface area contributed by atoms with Gasteiger partial charge >= 0.3 is 11.8 Å². The van der Waals surface area contributed by atoms with Gasteiger partial charge in [0.15, 0.2) is 6.20 Å². The molecule has 0 bridgehead atoms. The Morgan fingerprint density at radius 3 is 2.61 bits per heavy atom. The zero-order valence-corrected chi connectivity index (χ0v) is 9.75. The monoisotopic (exact) mass is 275 g/mol. The van der Waals surface area contributed by atoms with Crippen molar-refractivity contribution in [1.29, 1.82) is 0 Å². The normalized spacial score (nSPS) is 11.1. The van der Waals surface area contributed by atoms with Crippen LogP contribution in [0.15, 0.2) is 23.2 Å². The highest BCUT2D eigenvalue weighted by Gasteiger charge is 2.17. The van der Waals surface area contributed by atoms with E-state index in [4.69, 9.17) is 5.11 Å². The topological polar surface area (TPSA) is 140 Å². The summed E-state index contributed by atoms with van der Waals surface area (Å²) in [7, 11) is -3.90. The van der Waals surface area contributed by atoms with Gasteiger partial charge in [-0.25, -0.2) is 13.1 Å². The number of nitrogens with zero attached hydrogens (tertiary/aromatic N) is 2. The summed E-state index contributed by atoms with van der Waals surface area (Å²) in [6.45, 7) is -0.269. The number of nitro groups is 1. The largest absolute Gasteiger partial charge is 0.481 e. The SMILES string of the molecule is O=C(O)CCNS(=O)(=O)c1ccc([N+](=O)[O-])nc1. The minimum Gasteiger partial charge on any atom is -0.481 e. The van der Waals surface area contributed by atoms with E-state index < -0.39 is 26.7 Å². The molecule has 0 radical (unpaired) electrons. The second kappa shape index (κ2) is 5.51. The van der Waals surface area contributed by atoms with Gasteiger partial charge in [0.2, 0.25) is 10.0 Å². The van der Waals surface area contributed by atoms with Crippen LogP contribution in [0.25, 0.3) is 0 Å². The van der Waals surface area contributed by atoms with Crippen molar-refractivity contribution in [1.82, 2.24) is 9.71 Å². The Morgan fingerprint density at radius 1 is 1.50 bits per heavy atom. The van der Waals surface area contributed by atoms with E-state index in [0.29, 0.717) is 0 Å². The smallest absolute Gasteiger partial charge is 0.363 e. The molecule has 0 unspecified atom stereocenters. The summed E-state index contributed by atoms with van der Waals surface area (Å²) in [5.41, 5.74) is 0. The van der Waals surface area contributed by atoms with Crippen LogP contribution in [-0.4, -0.2) is 35.9 Å². The number of aliphatic carboxylic acids is 1. The van der Waals surface area contributed by atoms with Gasteiger partial charge in [-0.05, 0) is 16.0 Å². The van der Waals surface area contributed by atoms with E-state index >= 15 is 0 Å². The Kier molecular flexibility index (Phi) is 4.28. The van der Waals surface area contributed by atoms with Crippen LogP contribution in [0.3, 0.4) is 0 Å². The molecule has 0 aliphatic carbocycles. The molecule has 1 rings (SSSR count). The molecule has 0 saturated carbocycles. The summed E-state index contributed by atoms with van der Waals surface area (Å²) >= 11 is 0. The maximum absolute atomic E-state index is 11.6. The van der Waals surface area contributed by atoms with Crippen molar-refractivity contribution < 1.29 is 23.2 Å². The lowest BCUT2D eigenvalue weighted by molar-refractivity contribution is -0.389. The lowest BCUT2D eigenvalue weighted by Gasteiger charge is -2.03. The summed E-state index contributed by atoms with van der Waals surface area (Å²) in [6, 6.07) is 1.97. The standard InChI is InChI=1S/C8H9N3O6S/c12-8(13)3-4-10-18(16,17)6-1-2-7(9-5-6)11(14)15/h1-2,5,10H,3-4H2,(H,12,13). The number of hydrogen-bond acceptors (Lipinski definition) is 6. The summed E-state index contributed by atoms with van der Waals surface area (Å²) in [5.74, 6) is -1.61. The van der Waals surface area contributed by atoms with Crippen molar-refractivity contribution in [3.05, 3.63) is 28.4 Å². The van der Waals surface area contributed by atoms with Gasteiger partial charge in [0.25, 0.3) is 0 Å². The molecule has 1 aromatic heterocycles. The van der Waals surface area contributed by atoms with Gasteiger partial charge in [0.05, 0.1) is 6.42 Å². The third-order valence-corrected chi connectivity index (χ3v) is 3.30. The van der Waals surface area contributed by atoms with Gasteiger partial charge < -0.3 is 15.2 Å². The Bertz CT molecular complexity index is 553. The van der Waals surface area contributed by atoms with Crippen LogP contribution in [0.1, 0.15) is 6.42 Å². The van der Waals surface area contributed by atoms with E-state index in [1.807, 2.05) is 4.72 Å². The van der Waals surface area contributed by atoms with Crippen molar-refractivity contribution in [3.8, 4) is 0 Å². The number of carbonyl (C=O) groups is 1. The summed E-state index contributed by atoms with van der Waals surface area (Å²) in [6.07, 6.45) is 0.473. The summed E-state index contributed by atoms with van der Waals surface area (Å²) in [5, 5.41) is 18.7. The first-order valence-electron chi connectivity index (χ1n) is 4.65. The predicted octanol–water partition coefficient (Wildman–Crippen LogP) is -0.257. The molecule has 0 aromatic carbocycles. The van der Waals surface area contributed by atoms with Crippen molar-refractivity contribution in [3.63, 3.8) is 0 Å². The van der Waals surface area contributed by atoms with Gasteiger partial charge in [-0.15, -0.1) is 0 Å². The fraction of sp³-hybridized carbons (Fsp3) is 0.250. The quantitative estimate of drug-likeness (QED) is 0.538. The van der Waals surface area contributed by atoms with Crippen LogP contribution in [-0.2, 0) is 14.8 Å². The third-order valence-electron chi connectivity index (χ3n) is 1.85. The second-order valence-electron chi connectivity index (χ2n) is 3.15. The Balaban J connectivity index is 2.79. The third kappa shape index (κ3) is 3.75. The lowest BCUT2D eigenvalue weighted by atomic mass is 10.5. The number of pyridine rings is 1. The molecule has 0 spiro atoms. The van der Waals surface area contributed by atoms with Crippen molar-refractivity contribution in [2.75, 3.05) is 6.54 Å². The zero-order chi connectivity index (χ0) is 13.8. The van der Waals surface area contributed by atoms with E-state index in [2.05, 4.69) is 4.98 Å². The van der Waals surface area contributed by atoms with Gasteiger partial charge in [0.1, 0.15) is 4.90 Å². The molecular weight excluding hydrogens is 266 g/mol. The summed E-state index contributed by atoms with van der Waals surface area (Å²) in [4.78, 5) is 22.9. The molecule has 10 heteroatoms. The molecule has 9 nitrogen and oxygen atoms in total. The van der Waals surface area contributed by atoms with E-state index in [0.717, 1.165) is 18.3 Å². The number of carboxylic acids is 1. The molecular formula is C8H9N3O6S. The van der Waals surface area contributed by atoms with E-state index in [-0.39, 0.29) is 17.9 Å². The fourth-order valence-electron chi connectivity index (χ4n) is 1.02. The van der Waals surface area contributed by atoms with Crippen molar-refractivity contribution >= 4 is 21.8 Å². The minimum absolute atomic E-state index is 0.265. The molecule has 0 saturated heterocycles. The van der Waals surface area contributed by atoms with Crippen LogP contribution in [0.2, 0.25) is 0 Å². The van der Waals surface area contributed by atoms with Gasteiger partial charge in [0, 0.05) is 12.6 Å². The van der Waals surface area contributed by atoms with Gasteiger partial charge in [-0.1, -0.05) is 0 Å². The molecule has 0 amide bonds. The molecule has 1 aromatic rings. The number of sulfonamides is 1. The van der Waals surface area contributed by atoms with Crippen LogP contribution in [0.4, 0.5) is 5.82 Å².